The van der Waals surface area contributed by atoms with Gasteiger partial charge in [-0.3, -0.25) is 4.98 Å². The Morgan fingerprint density at radius 1 is 1.13 bits per heavy atom. The summed E-state index contributed by atoms with van der Waals surface area (Å²) in [7, 11) is 0. The van der Waals surface area contributed by atoms with Gasteiger partial charge in [0.2, 0.25) is 0 Å². The van der Waals surface area contributed by atoms with E-state index in [2.05, 4.69) is 14.9 Å². The smallest absolute Gasteiger partial charge is 0.141 e. The van der Waals surface area contributed by atoms with Crippen molar-refractivity contribution >= 4 is 10.9 Å². The minimum atomic E-state index is -0.312. The van der Waals surface area contributed by atoms with Crippen molar-refractivity contribution in [2.45, 2.75) is 25.9 Å². The zero-order chi connectivity index (χ0) is 15.8. The maximum absolute atomic E-state index is 13.6. The van der Waals surface area contributed by atoms with E-state index in [0.717, 1.165) is 42.5 Å². The van der Waals surface area contributed by atoms with Crippen molar-refractivity contribution in [3.63, 3.8) is 0 Å². The van der Waals surface area contributed by atoms with Crippen LogP contribution in [0.2, 0.25) is 0 Å². The molecule has 3 nitrogen and oxygen atoms in total. The second-order valence-electron chi connectivity index (χ2n) is 5.93. The quantitative estimate of drug-likeness (QED) is 0.805. The van der Waals surface area contributed by atoms with Crippen LogP contribution in [-0.4, -0.2) is 16.1 Å². The monoisotopic (exact) mass is 313 g/mol. The zero-order valence-corrected chi connectivity index (χ0v) is 12.6. The Kier molecular flexibility index (Phi) is 3.58. The molecule has 4 rings (SSSR count). The Balaban J connectivity index is 1.74. The Labute approximate surface area is 133 Å². The van der Waals surface area contributed by atoms with Gasteiger partial charge < -0.3 is 9.88 Å². The lowest BCUT2D eigenvalue weighted by atomic mass is 10.1. The molecule has 0 aliphatic carbocycles. The summed E-state index contributed by atoms with van der Waals surface area (Å²) in [6.45, 7) is 2.43. The normalized spacial score (nSPS) is 14.2. The van der Waals surface area contributed by atoms with Crippen molar-refractivity contribution in [3.8, 4) is 0 Å². The SMILES string of the molecule is Fc1cncc(CCn2c3c(c4cc(F)ccc42)CNCC3)c1. The van der Waals surface area contributed by atoms with E-state index in [-0.39, 0.29) is 11.6 Å². The summed E-state index contributed by atoms with van der Waals surface area (Å²) in [5.41, 5.74) is 4.36. The van der Waals surface area contributed by atoms with E-state index < -0.39 is 0 Å². The first-order valence-corrected chi connectivity index (χ1v) is 7.82. The van der Waals surface area contributed by atoms with Gasteiger partial charge >= 0.3 is 0 Å². The molecule has 0 radical (unpaired) electrons. The Morgan fingerprint density at radius 3 is 2.91 bits per heavy atom. The van der Waals surface area contributed by atoms with Gasteiger partial charge in [0.05, 0.1) is 6.20 Å². The number of nitrogens with one attached hydrogen (secondary N) is 1. The van der Waals surface area contributed by atoms with Crippen molar-refractivity contribution in [1.82, 2.24) is 14.9 Å². The average molecular weight is 313 g/mol. The van der Waals surface area contributed by atoms with Crippen LogP contribution >= 0.6 is 0 Å². The van der Waals surface area contributed by atoms with Crippen LogP contribution in [0, 0.1) is 11.6 Å². The molecule has 0 bridgehead atoms. The van der Waals surface area contributed by atoms with Crippen molar-refractivity contribution in [3.05, 3.63) is 65.1 Å². The number of fused-ring (bicyclic) bond motifs is 3. The van der Waals surface area contributed by atoms with Crippen LogP contribution in [0.3, 0.4) is 0 Å². The fourth-order valence-electron chi connectivity index (χ4n) is 3.44. The Morgan fingerprint density at radius 2 is 2.04 bits per heavy atom. The van der Waals surface area contributed by atoms with Gasteiger partial charge in [-0.15, -0.1) is 0 Å². The first kappa shape index (κ1) is 14.3. The molecule has 1 N–H and O–H groups in total. The maximum Gasteiger partial charge on any atom is 0.141 e. The molecule has 0 amide bonds. The summed E-state index contributed by atoms with van der Waals surface area (Å²) in [6, 6.07) is 6.47. The Bertz CT molecular complexity index is 870. The van der Waals surface area contributed by atoms with Gasteiger partial charge in [-0.1, -0.05) is 0 Å². The predicted molar refractivity (Wildman–Crippen MR) is 85.2 cm³/mol. The second-order valence-corrected chi connectivity index (χ2v) is 5.93. The highest BCUT2D eigenvalue weighted by molar-refractivity contribution is 5.86. The summed E-state index contributed by atoms with van der Waals surface area (Å²) in [5, 5.41) is 4.33. The van der Waals surface area contributed by atoms with E-state index in [1.807, 2.05) is 6.07 Å². The van der Waals surface area contributed by atoms with E-state index in [9.17, 15) is 8.78 Å². The average Bonchev–Trinajstić information content (AvgIpc) is 2.86. The topological polar surface area (TPSA) is 29.9 Å². The third kappa shape index (κ3) is 2.61. The van der Waals surface area contributed by atoms with Crippen molar-refractivity contribution in [2.24, 2.45) is 0 Å². The van der Waals surface area contributed by atoms with Gasteiger partial charge in [0, 0.05) is 48.8 Å². The number of hydrogen-bond acceptors (Lipinski definition) is 2. The molecule has 0 fully saturated rings. The summed E-state index contributed by atoms with van der Waals surface area (Å²) in [4.78, 5) is 3.90. The molecule has 0 saturated carbocycles. The first-order valence-electron chi connectivity index (χ1n) is 7.82. The maximum atomic E-state index is 13.6. The first-order chi connectivity index (χ1) is 11.2. The van der Waals surface area contributed by atoms with Crippen LogP contribution in [0.1, 0.15) is 16.8 Å². The summed E-state index contributed by atoms with van der Waals surface area (Å²) >= 11 is 0. The molecule has 1 aliphatic rings. The molecule has 0 saturated heterocycles. The number of benzene rings is 1. The van der Waals surface area contributed by atoms with Gasteiger partial charge in [0.1, 0.15) is 11.6 Å². The summed E-state index contributed by atoms with van der Waals surface area (Å²) in [6.07, 6.45) is 4.53. The van der Waals surface area contributed by atoms with E-state index in [1.165, 1.54) is 29.6 Å². The summed E-state index contributed by atoms with van der Waals surface area (Å²) in [5.74, 6) is -0.523. The van der Waals surface area contributed by atoms with Crippen LogP contribution in [0.5, 0.6) is 0 Å². The molecule has 118 valence electrons. The molecule has 23 heavy (non-hydrogen) atoms. The fourth-order valence-corrected chi connectivity index (χ4v) is 3.44. The van der Waals surface area contributed by atoms with Crippen LogP contribution in [0.4, 0.5) is 8.78 Å². The van der Waals surface area contributed by atoms with Gasteiger partial charge in [-0.25, -0.2) is 8.78 Å². The number of hydrogen-bond donors (Lipinski definition) is 1. The molecule has 1 aliphatic heterocycles. The number of nitrogens with zero attached hydrogens (tertiary/aromatic N) is 2. The minimum absolute atomic E-state index is 0.211. The molecular formula is C18H17F2N3. The van der Waals surface area contributed by atoms with E-state index in [0.29, 0.717) is 6.42 Å². The number of rotatable bonds is 3. The van der Waals surface area contributed by atoms with Crippen LogP contribution in [0.25, 0.3) is 10.9 Å². The lowest BCUT2D eigenvalue weighted by Gasteiger charge is -2.17. The standard InChI is InChI=1S/C18H17F2N3/c19-13-1-2-17-15(8-13)16-11-21-5-3-18(16)23(17)6-4-12-7-14(20)10-22-9-12/h1-2,7-10,21H,3-6,11H2. The Hall–Kier alpha value is -2.27. The highest BCUT2D eigenvalue weighted by Gasteiger charge is 2.19. The zero-order valence-electron chi connectivity index (χ0n) is 12.6. The molecule has 0 atom stereocenters. The van der Waals surface area contributed by atoms with Gasteiger partial charge in [0.25, 0.3) is 0 Å². The molecule has 3 heterocycles. The van der Waals surface area contributed by atoms with Gasteiger partial charge in [-0.05, 0) is 41.8 Å². The largest absolute Gasteiger partial charge is 0.344 e. The van der Waals surface area contributed by atoms with Gasteiger partial charge in [-0.2, -0.15) is 0 Å². The third-order valence-corrected chi connectivity index (χ3v) is 4.47. The highest BCUT2D eigenvalue weighted by Crippen LogP contribution is 2.29. The van der Waals surface area contributed by atoms with E-state index >= 15 is 0 Å². The summed E-state index contributed by atoms with van der Waals surface area (Å²) < 4.78 is 29.2. The molecule has 5 heteroatoms. The number of pyridine rings is 1. The second kappa shape index (κ2) is 5.74. The molecule has 3 aromatic rings. The van der Waals surface area contributed by atoms with Gasteiger partial charge in [0.15, 0.2) is 0 Å². The number of aromatic nitrogens is 2. The molecule has 1 aromatic carbocycles. The minimum Gasteiger partial charge on any atom is -0.344 e. The van der Waals surface area contributed by atoms with Crippen LogP contribution in [-0.2, 0) is 25.9 Å². The van der Waals surface area contributed by atoms with Crippen molar-refractivity contribution < 1.29 is 8.78 Å². The third-order valence-electron chi connectivity index (χ3n) is 4.47. The highest BCUT2D eigenvalue weighted by atomic mass is 19.1. The molecular weight excluding hydrogens is 296 g/mol. The lowest BCUT2D eigenvalue weighted by Crippen LogP contribution is -2.24. The molecule has 2 aromatic heterocycles. The van der Waals surface area contributed by atoms with Crippen molar-refractivity contribution in [2.75, 3.05) is 6.54 Å². The van der Waals surface area contributed by atoms with E-state index in [1.54, 1.807) is 12.3 Å². The molecule has 0 unspecified atom stereocenters. The molecule has 0 spiro atoms. The van der Waals surface area contributed by atoms with E-state index in [4.69, 9.17) is 0 Å². The fraction of sp³-hybridized carbons (Fsp3) is 0.278. The van der Waals surface area contributed by atoms with Crippen LogP contribution < -0.4 is 5.32 Å². The lowest BCUT2D eigenvalue weighted by molar-refractivity contribution is 0.590. The van der Waals surface area contributed by atoms with Crippen molar-refractivity contribution in [1.29, 1.82) is 0 Å². The number of halogens is 2. The predicted octanol–water partition coefficient (Wildman–Crippen LogP) is 3.20. The number of aryl methyl sites for hydroxylation is 2. The van der Waals surface area contributed by atoms with Crippen LogP contribution in [0.15, 0.2) is 36.7 Å².